The van der Waals surface area contributed by atoms with Crippen molar-refractivity contribution in [2.45, 2.75) is 12.8 Å². The zero-order chi connectivity index (χ0) is 13.9. The van der Waals surface area contributed by atoms with E-state index in [0.29, 0.717) is 19.4 Å². The van der Waals surface area contributed by atoms with E-state index in [-0.39, 0.29) is 17.7 Å². The molecule has 2 amide bonds. The molecule has 1 aromatic rings. The van der Waals surface area contributed by atoms with Crippen LogP contribution in [0.4, 0.5) is 5.13 Å². The smallest absolute Gasteiger partial charge is 0.227 e. The molecule has 3 heterocycles. The Kier molecular flexibility index (Phi) is 3.86. The Morgan fingerprint density at radius 2 is 2.15 bits per heavy atom. The molecule has 2 aliphatic heterocycles. The quantitative estimate of drug-likeness (QED) is 0.853. The molecule has 2 saturated heterocycles. The first-order valence-corrected chi connectivity index (χ1v) is 7.82. The lowest BCUT2D eigenvalue weighted by Gasteiger charge is -2.37. The van der Waals surface area contributed by atoms with Crippen LogP contribution in [0.2, 0.25) is 0 Å². The summed E-state index contributed by atoms with van der Waals surface area (Å²) in [5, 5.41) is 5.78. The van der Waals surface area contributed by atoms with Gasteiger partial charge >= 0.3 is 0 Å². The SMILES string of the molecule is O=C1CC[C@@H](C(=O)N2CCN(c3nccs3)CC2)CN1. The summed E-state index contributed by atoms with van der Waals surface area (Å²) in [6.45, 7) is 3.63. The number of carbonyl (C=O) groups excluding carboxylic acids is 2. The molecule has 7 heteroatoms. The van der Waals surface area contributed by atoms with Crippen molar-refractivity contribution in [1.82, 2.24) is 15.2 Å². The first kappa shape index (κ1) is 13.4. The lowest BCUT2D eigenvalue weighted by molar-refractivity contribution is -0.137. The summed E-state index contributed by atoms with van der Waals surface area (Å²) in [7, 11) is 0. The second kappa shape index (κ2) is 5.78. The fourth-order valence-corrected chi connectivity index (χ4v) is 3.39. The van der Waals surface area contributed by atoms with Gasteiger partial charge in [0.1, 0.15) is 0 Å². The average Bonchev–Trinajstić information content (AvgIpc) is 3.02. The Labute approximate surface area is 121 Å². The highest BCUT2D eigenvalue weighted by molar-refractivity contribution is 7.13. The van der Waals surface area contributed by atoms with Crippen molar-refractivity contribution in [2.24, 2.45) is 5.92 Å². The van der Waals surface area contributed by atoms with Gasteiger partial charge in [0.25, 0.3) is 0 Å². The van der Waals surface area contributed by atoms with Gasteiger partial charge in [-0.1, -0.05) is 0 Å². The van der Waals surface area contributed by atoms with Crippen molar-refractivity contribution in [3.05, 3.63) is 11.6 Å². The normalized spacial score (nSPS) is 23.6. The van der Waals surface area contributed by atoms with Crippen molar-refractivity contribution in [1.29, 1.82) is 0 Å². The topological polar surface area (TPSA) is 65.5 Å². The van der Waals surface area contributed by atoms with Crippen LogP contribution >= 0.6 is 11.3 Å². The van der Waals surface area contributed by atoms with Gasteiger partial charge in [-0.3, -0.25) is 9.59 Å². The fraction of sp³-hybridized carbons (Fsp3) is 0.615. The van der Waals surface area contributed by atoms with Crippen LogP contribution in [-0.2, 0) is 9.59 Å². The lowest BCUT2D eigenvalue weighted by Crippen LogP contribution is -2.52. The molecule has 3 rings (SSSR count). The molecule has 2 aliphatic rings. The van der Waals surface area contributed by atoms with E-state index in [1.165, 1.54) is 0 Å². The summed E-state index contributed by atoms with van der Waals surface area (Å²) in [6.07, 6.45) is 2.95. The third kappa shape index (κ3) is 2.77. The summed E-state index contributed by atoms with van der Waals surface area (Å²) in [5.74, 6) is 0.200. The number of amides is 2. The summed E-state index contributed by atoms with van der Waals surface area (Å²) >= 11 is 1.63. The van der Waals surface area contributed by atoms with Crippen molar-refractivity contribution in [3.8, 4) is 0 Å². The van der Waals surface area contributed by atoms with Crippen LogP contribution in [0.25, 0.3) is 0 Å². The summed E-state index contributed by atoms with van der Waals surface area (Å²) < 4.78 is 0. The summed E-state index contributed by atoms with van der Waals surface area (Å²) in [6, 6.07) is 0. The third-order valence-electron chi connectivity index (χ3n) is 3.90. The van der Waals surface area contributed by atoms with E-state index in [1.54, 1.807) is 11.3 Å². The number of aromatic nitrogens is 1. The standard InChI is InChI=1S/C13H18N4O2S/c18-11-2-1-10(9-15-11)12(19)16-4-6-17(7-5-16)13-14-3-8-20-13/h3,8,10H,1-2,4-7,9H2,(H,15,18)/t10-/m1/s1. The molecule has 0 bridgehead atoms. The highest BCUT2D eigenvalue weighted by atomic mass is 32.1. The molecule has 1 N–H and O–H groups in total. The molecule has 0 radical (unpaired) electrons. The highest BCUT2D eigenvalue weighted by Gasteiger charge is 2.30. The molecular weight excluding hydrogens is 276 g/mol. The monoisotopic (exact) mass is 294 g/mol. The number of piperazine rings is 1. The average molecular weight is 294 g/mol. The van der Waals surface area contributed by atoms with Gasteiger partial charge in [-0.15, -0.1) is 11.3 Å². The van der Waals surface area contributed by atoms with E-state index < -0.39 is 0 Å². The van der Waals surface area contributed by atoms with Crippen LogP contribution in [0.3, 0.4) is 0 Å². The van der Waals surface area contributed by atoms with Crippen LogP contribution in [0.5, 0.6) is 0 Å². The van der Waals surface area contributed by atoms with Crippen LogP contribution in [0.15, 0.2) is 11.6 Å². The van der Waals surface area contributed by atoms with Gasteiger partial charge in [-0.2, -0.15) is 0 Å². The number of rotatable bonds is 2. The minimum absolute atomic E-state index is 0.0425. The van der Waals surface area contributed by atoms with Gasteiger partial charge in [0.15, 0.2) is 5.13 Å². The molecule has 0 spiro atoms. The van der Waals surface area contributed by atoms with Crippen LogP contribution in [0, 0.1) is 5.92 Å². The van der Waals surface area contributed by atoms with Gasteiger partial charge < -0.3 is 15.1 Å². The molecule has 6 nitrogen and oxygen atoms in total. The maximum Gasteiger partial charge on any atom is 0.227 e. The molecule has 0 aromatic carbocycles. The zero-order valence-corrected chi connectivity index (χ0v) is 12.1. The van der Waals surface area contributed by atoms with Gasteiger partial charge in [-0.05, 0) is 6.42 Å². The molecule has 1 atom stereocenters. The van der Waals surface area contributed by atoms with Crippen LogP contribution in [0.1, 0.15) is 12.8 Å². The van der Waals surface area contributed by atoms with E-state index >= 15 is 0 Å². The minimum Gasteiger partial charge on any atom is -0.355 e. The highest BCUT2D eigenvalue weighted by Crippen LogP contribution is 2.20. The maximum absolute atomic E-state index is 12.4. The number of nitrogens with zero attached hydrogens (tertiary/aromatic N) is 3. The number of nitrogens with one attached hydrogen (secondary N) is 1. The van der Waals surface area contributed by atoms with E-state index in [4.69, 9.17) is 0 Å². The lowest BCUT2D eigenvalue weighted by atomic mass is 9.97. The molecule has 0 saturated carbocycles. The Morgan fingerprint density at radius 3 is 2.75 bits per heavy atom. The number of hydrogen-bond donors (Lipinski definition) is 1. The third-order valence-corrected chi connectivity index (χ3v) is 4.73. The van der Waals surface area contributed by atoms with Crippen molar-refractivity contribution < 1.29 is 9.59 Å². The largest absolute Gasteiger partial charge is 0.355 e. The molecule has 20 heavy (non-hydrogen) atoms. The van der Waals surface area contributed by atoms with Crippen LogP contribution in [-0.4, -0.2) is 54.4 Å². The molecule has 0 unspecified atom stereocenters. The predicted octanol–water partition coefficient (Wildman–Crippen LogP) is 0.318. The van der Waals surface area contributed by atoms with E-state index in [1.807, 2.05) is 16.5 Å². The predicted molar refractivity (Wildman–Crippen MR) is 76.6 cm³/mol. The minimum atomic E-state index is -0.0425. The van der Waals surface area contributed by atoms with Crippen molar-refractivity contribution in [2.75, 3.05) is 37.6 Å². The van der Waals surface area contributed by atoms with E-state index in [2.05, 4.69) is 15.2 Å². The van der Waals surface area contributed by atoms with E-state index in [0.717, 1.165) is 31.3 Å². The zero-order valence-electron chi connectivity index (χ0n) is 11.2. The molecular formula is C13H18N4O2S. The second-order valence-electron chi connectivity index (χ2n) is 5.17. The first-order chi connectivity index (χ1) is 9.74. The number of anilines is 1. The van der Waals surface area contributed by atoms with Gasteiger partial charge in [0.2, 0.25) is 11.8 Å². The second-order valence-corrected chi connectivity index (χ2v) is 6.04. The maximum atomic E-state index is 12.4. The van der Waals surface area contributed by atoms with Crippen LogP contribution < -0.4 is 10.2 Å². The van der Waals surface area contributed by atoms with Gasteiger partial charge in [0, 0.05) is 50.7 Å². The summed E-state index contributed by atoms with van der Waals surface area (Å²) in [5.41, 5.74) is 0. The molecule has 1 aromatic heterocycles. The Morgan fingerprint density at radius 1 is 1.35 bits per heavy atom. The molecule has 0 aliphatic carbocycles. The number of thiazole rings is 1. The Balaban J connectivity index is 1.52. The van der Waals surface area contributed by atoms with Crippen molar-refractivity contribution >= 4 is 28.3 Å². The molecule has 2 fully saturated rings. The first-order valence-electron chi connectivity index (χ1n) is 6.94. The van der Waals surface area contributed by atoms with Gasteiger partial charge in [-0.25, -0.2) is 4.98 Å². The Hall–Kier alpha value is -1.63. The number of piperidine rings is 1. The Bertz CT molecular complexity index is 473. The number of carbonyl (C=O) groups is 2. The number of hydrogen-bond acceptors (Lipinski definition) is 5. The fourth-order valence-electron chi connectivity index (χ4n) is 2.69. The molecule has 108 valence electrons. The van der Waals surface area contributed by atoms with Gasteiger partial charge in [0.05, 0.1) is 5.92 Å². The van der Waals surface area contributed by atoms with Crippen molar-refractivity contribution in [3.63, 3.8) is 0 Å². The summed E-state index contributed by atoms with van der Waals surface area (Å²) in [4.78, 5) is 32.0. The van der Waals surface area contributed by atoms with E-state index in [9.17, 15) is 9.59 Å².